The zero-order valence-electron chi connectivity index (χ0n) is 8.11. The van der Waals surface area contributed by atoms with Gasteiger partial charge in [-0.05, 0) is 49.4 Å². The Morgan fingerprint density at radius 2 is 1.08 bits per heavy atom. The van der Waals surface area contributed by atoms with Crippen LogP contribution < -0.4 is 0 Å². The zero-order valence-corrected chi connectivity index (χ0v) is 8.11. The monoisotopic (exact) mass is 178 g/mol. The van der Waals surface area contributed by atoms with Crippen LogP contribution in [0, 0.1) is 23.7 Å². The maximum absolute atomic E-state index is 5.91. The highest BCUT2D eigenvalue weighted by Gasteiger charge is 2.61. The van der Waals surface area contributed by atoms with Gasteiger partial charge in [0, 0.05) is 0 Å². The molecule has 1 saturated heterocycles. The molecule has 0 N–H and O–H groups in total. The first-order valence-electron chi connectivity index (χ1n) is 6.10. The third-order valence-corrected chi connectivity index (χ3v) is 5.21. The van der Waals surface area contributed by atoms with Gasteiger partial charge in [-0.15, -0.1) is 0 Å². The first kappa shape index (κ1) is 7.28. The normalized spacial score (nSPS) is 62.8. The Kier molecular flexibility index (Phi) is 1.29. The minimum Gasteiger partial charge on any atom is -0.369 e. The molecule has 0 aromatic rings. The Labute approximate surface area is 79.8 Å². The number of fused-ring (bicyclic) bond motifs is 6. The lowest BCUT2D eigenvalue weighted by Gasteiger charge is -2.33. The maximum Gasteiger partial charge on any atom is 0.0875 e. The molecule has 0 aromatic carbocycles. The van der Waals surface area contributed by atoms with Crippen LogP contribution in [-0.2, 0) is 4.74 Å². The van der Waals surface area contributed by atoms with Gasteiger partial charge in [-0.2, -0.15) is 0 Å². The summed E-state index contributed by atoms with van der Waals surface area (Å²) < 4.78 is 5.91. The summed E-state index contributed by atoms with van der Waals surface area (Å²) >= 11 is 0. The topological polar surface area (TPSA) is 12.5 Å². The second-order valence-corrected chi connectivity index (χ2v) is 5.58. The highest BCUT2D eigenvalue weighted by atomic mass is 16.6. The molecule has 1 aliphatic heterocycles. The highest BCUT2D eigenvalue weighted by molar-refractivity contribution is 5.09. The van der Waals surface area contributed by atoms with E-state index in [9.17, 15) is 0 Å². The Balaban J connectivity index is 1.70. The van der Waals surface area contributed by atoms with Crippen LogP contribution in [0.5, 0.6) is 0 Å². The van der Waals surface area contributed by atoms with Gasteiger partial charge in [-0.3, -0.25) is 0 Å². The average molecular weight is 178 g/mol. The molecule has 13 heavy (non-hydrogen) atoms. The summed E-state index contributed by atoms with van der Waals surface area (Å²) in [6.45, 7) is 0. The van der Waals surface area contributed by atoms with Gasteiger partial charge in [0.1, 0.15) is 0 Å². The van der Waals surface area contributed by atoms with E-state index in [1.165, 1.54) is 38.5 Å². The van der Waals surface area contributed by atoms with E-state index in [1.807, 2.05) is 0 Å². The summed E-state index contributed by atoms with van der Waals surface area (Å²) in [6, 6.07) is 0. The predicted octanol–water partition coefficient (Wildman–Crippen LogP) is 2.60. The summed E-state index contributed by atoms with van der Waals surface area (Å²) in [7, 11) is 0. The predicted molar refractivity (Wildman–Crippen MR) is 50.3 cm³/mol. The molecule has 4 rings (SSSR count). The molecule has 3 saturated carbocycles. The van der Waals surface area contributed by atoms with Gasteiger partial charge in [0.2, 0.25) is 0 Å². The molecular formula is C12H18O. The average Bonchev–Trinajstić information content (AvgIpc) is 2.67. The van der Waals surface area contributed by atoms with Crippen molar-refractivity contribution in [2.75, 3.05) is 0 Å². The fourth-order valence-corrected chi connectivity index (χ4v) is 4.74. The molecular weight excluding hydrogens is 160 g/mol. The largest absolute Gasteiger partial charge is 0.369 e. The van der Waals surface area contributed by atoms with Crippen LogP contribution in [0.4, 0.5) is 0 Å². The Morgan fingerprint density at radius 3 is 1.62 bits per heavy atom. The van der Waals surface area contributed by atoms with E-state index in [0.717, 1.165) is 35.9 Å². The Morgan fingerprint density at radius 1 is 0.615 bits per heavy atom. The SMILES string of the molecule is C1C[C@@H]2[C@H]3CCC[C@@H]3[C@@H]3O[C@@H]3[C@@H]2C1. The molecule has 0 aromatic heterocycles. The van der Waals surface area contributed by atoms with E-state index in [4.69, 9.17) is 4.74 Å². The van der Waals surface area contributed by atoms with E-state index < -0.39 is 0 Å². The smallest absolute Gasteiger partial charge is 0.0875 e. The lowest BCUT2D eigenvalue weighted by atomic mass is 9.69. The van der Waals surface area contributed by atoms with Crippen LogP contribution in [0.3, 0.4) is 0 Å². The van der Waals surface area contributed by atoms with Crippen LogP contribution in [0.2, 0.25) is 0 Å². The number of hydrogen-bond donors (Lipinski definition) is 0. The Bertz CT molecular complexity index is 213. The number of ether oxygens (including phenoxy) is 1. The van der Waals surface area contributed by atoms with Gasteiger partial charge < -0.3 is 4.74 Å². The van der Waals surface area contributed by atoms with E-state index >= 15 is 0 Å². The quantitative estimate of drug-likeness (QED) is 0.519. The molecule has 0 radical (unpaired) electrons. The third-order valence-electron chi connectivity index (χ3n) is 5.21. The molecule has 3 aliphatic carbocycles. The van der Waals surface area contributed by atoms with E-state index in [2.05, 4.69) is 0 Å². The molecule has 0 spiro atoms. The molecule has 0 unspecified atom stereocenters. The van der Waals surface area contributed by atoms with Crippen molar-refractivity contribution in [1.82, 2.24) is 0 Å². The van der Waals surface area contributed by atoms with Crippen molar-refractivity contribution in [3.63, 3.8) is 0 Å². The number of rotatable bonds is 0. The summed E-state index contributed by atoms with van der Waals surface area (Å²) in [5.41, 5.74) is 0. The van der Waals surface area contributed by atoms with Crippen LogP contribution in [-0.4, -0.2) is 12.2 Å². The van der Waals surface area contributed by atoms with E-state index in [-0.39, 0.29) is 0 Å². The van der Waals surface area contributed by atoms with Gasteiger partial charge in [-0.1, -0.05) is 12.8 Å². The molecule has 1 heteroatoms. The van der Waals surface area contributed by atoms with Gasteiger partial charge in [0.25, 0.3) is 0 Å². The highest BCUT2D eigenvalue weighted by Crippen LogP contribution is 2.60. The number of hydrogen-bond acceptors (Lipinski definition) is 1. The summed E-state index contributed by atoms with van der Waals surface area (Å²) in [4.78, 5) is 0. The van der Waals surface area contributed by atoms with E-state index in [1.54, 1.807) is 0 Å². The van der Waals surface area contributed by atoms with Crippen molar-refractivity contribution in [2.24, 2.45) is 23.7 Å². The molecule has 72 valence electrons. The van der Waals surface area contributed by atoms with Crippen molar-refractivity contribution in [3.8, 4) is 0 Å². The molecule has 4 fully saturated rings. The Hall–Kier alpha value is -0.0400. The van der Waals surface area contributed by atoms with Crippen molar-refractivity contribution in [2.45, 2.75) is 50.7 Å². The van der Waals surface area contributed by atoms with Crippen molar-refractivity contribution in [1.29, 1.82) is 0 Å². The van der Waals surface area contributed by atoms with Crippen molar-refractivity contribution in [3.05, 3.63) is 0 Å². The fourth-order valence-electron chi connectivity index (χ4n) is 4.74. The lowest BCUT2D eigenvalue weighted by Crippen LogP contribution is -2.34. The third kappa shape index (κ3) is 0.823. The molecule has 1 nitrogen and oxygen atoms in total. The van der Waals surface area contributed by atoms with Gasteiger partial charge in [0.05, 0.1) is 12.2 Å². The first-order valence-corrected chi connectivity index (χ1v) is 6.10. The summed E-state index contributed by atoms with van der Waals surface area (Å²) in [6.07, 6.45) is 10.5. The first-order chi connectivity index (χ1) is 6.45. The molecule has 0 bridgehead atoms. The second kappa shape index (κ2) is 2.31. The van der Waals surface area contributed by atoms with E-state index in [0.29, 0.717) is 0 Å². The minimum atomic E-state index is 0.729. The zero-order chi connectivity index (χ0) is 8.41. The molecule has 0 amide bonds. The summed E-state index contributed by atoms with van der Waals surface area (Å²) in [5.74, 6) is 4.14. The maximum atomic E-state index is 5.91. The van der Waals surface area contributed by atoms with Gasteiger partial charge >= 0.3 is 0 Å². The van der Waals surface area contributed by atoms with Crippen LogP contribution in [0.15, 0.2) is 0 Å². The number of epoxide rings is 1. The van der Waals surface area contributed by atoms with Crippen molar-refractivity contribution >= 4 is 0 Å². The van der Waals surface area contributed by atoms with Gasteiger partial charge in [-0.25, -0.2) is 0 Å². The lowest BCUT2D eigenvalue weighted by molar-refractivity contribution is 0.168. The standard InChI is InChI=1S/C12H18O/c1-3-7-8-4-2-6-10(8)12-11(13-12)9(7)5-1/h7-12H,1-6H2/t7-,8-,9-,10+,11-,12+/m1/s1. The summed E-state index contributed by atoms with van der Waals surface area (Å²) in [5, 5.41) is 0. The second-order valence-electron chi connectivity index (χ2n) is 5.58. The van der Waals surface area contributed by atoms with Crippen molar-refractivity contribution < 1.29 is 4.74 Å². The molecule has 4 aliphatic rings. The molecule has 1 heterocycles. The minimum absolute atomic E-state index is 0.729. The molecule has 6 atom stereocenters. The van der Waals surface area contributed by atoms with Crippen LogP contribution in [0.1, 0.15) is 38.5 Å². The fraction of sp³-hybridized carbons (Fsp3) is 1.00. The van der Waals surface area contributed by atoms with Crippen LogP contribution in [0.25, 0.3) is 0 Å². The van der Waals surface area contributed by atoms with Gasteiger partial charge in [0.15, 0.2) is 0 Å². The van der Waals surface area contributed by atoms with Crippen LogP contribution >= 0.6 is 0 Å².